The third-order valence-electron chi connectivity index (χ3n) is 2.23. The van der Waals surface area contributed by atoms with Crippen molar-refractivity contribution in [3.63, 3.8) is 0 Å². The Morgan fingerprint density at radius 1 is 1.40 bits per heavy atom. The van der Waals surface area contributed by atoms with Crippen LogP contribution in [0.4, 0.5) is 5.82 Å². The van der Waals surface area contributed by atoms with Crippen LogP contribution in [0.25, 0.3) is 11.3 Å². The van der Waals surface area contributed by atoms with Crippen molar-refractivity contribution in [3.05, 3.63) is 24.3 Å². The molecule has 3 N–H and O–H groups in total. The second-order valence-electron chi connectivity index (χ2n) is 3.16. The smallest absolute Gasteiger partial charge is 0.150 e. The van der Waals surface area contributed by atoms with Crippen LogP contribution in [0.3, 0.4) is 0 Å². The van der Waals surface area contributed by atoms with Gasteiger partial charge in [0.2, 0.25) is 0 Å². The summed E-state index contributed by atoms with van der Waals surface area (Å²) in [7, 11) is 0. The van der Waals surface area contributed by atoms with Gasteiger partial charge in [0.15, 0.2) is 5.82 Å². The Bertz CT molecular complexity index is 478. The van der Waals surface area contributed by atoms with Crippen LogP contribution in [0.2, 0.25) is 0 Å². The molecule has 1 heterocycles. The summed E-state index contributed by atoms with van der Waals surface area (Å²) in [5.41, 5.74) is 6.97. The number of phenolic OH excluding ortho intramolecular Hbond substituents is 1. The van der Waals surface area contributed by atoms with E-state index in [0.29, 0.717) is 23.6 Å². The number of aromatic hydroxyl groups is 1. The van der Waals surface area contributed by atoms with Gasteiger partial charge in [0, 0.05) is 12.1 Å². The predicted octanol–water partition coefficient (Wildman–Crippen LogP) is 1.25. The molecule has 0 aliphatic rings. The van der Waals surface area contributed by atoms with Gasteiger partial charge >= 0.3 is 0 Å². The van der Waals surface area contributed by atoms with Crippen LogP contribution >= 0.6 is 0 Å². The Labute approximate surface area is 87.1 Å². The maximum Gasteiger partial charge on any atom is 0.150 e. The lowest BCUT2D eigenvalue weighted by atomic mass is 10.1. The molecule has 0 bridgehead atoms. The summed E-state index contributed by atoms with van der Waals surface area (Å²) < 4.78 is 1.59. The Morgan fingerprint density at radius 3 is 2.73 bits per heavy atom. The van der Waals surface area contributed by atoms with Crippen LogP contribution in [0, 0.1) is 0 Å². The zero-order valence-electron chi connectivity index (χ0n) is 8.38. The first kappa shape index (κ1) is 9.51. The molecule has 5 heteroatoms. The Hall–Kier alpha value is -2.04. The van der Waals surface area contributed by atoms with Crippen LogP contribution in [-0.2, 0) is 6.54 Å². The van der Waals surface area contributed by atoms with Crippen molar-refractivity contribution in [1.29, 1.82) is 0 Å². The number of nitrogens with two attached hydrogens (primary N) is 1. The molecule has 0 atom stereocenters. The van der Waals surface area contributed by atoms with Gasteiger partial charge in [0.1, 0.15) is 11.4 Å². The van der Waals surface area contributed by atoms with Gasteiger partial charge in [-0.3, -0.25) is 0 Å². The molecule has 0 aliphatic carbocycles. The fraction of sp³-hybridized carbons (Fsp3) is 0.200. The number of aryl methyl sites for hydroxylation is 1. The maximum absolute atomic E-state index is 9.64. The monoisotopic (exact) mass is 204 g/mol. The predicted molar refractivity (Wildman–Crippen MR) is 57.2 cm³/mol. The average Bonchev–Trinajstić information content (AvgIpc) is 2.60. The van der Waals surface area contributed by atoms with E-state index in [-0.39, 0.29) is 5.75 Å². The van der Waals surface area contributed by atoms with Crippen molar-refractivity contribution < 1.29 is 5.11 Å². The number of hydrogen-bond donors (Lipinski definition) is 2. The summed E-state index contributed by atoms with van der Waals surface area (Å²) in [6.45, 7) is 2.59. The highest BCUT2D eigenvalue weighted by Crippen LogP contribution is 2.30. The van der Waals surface area contributed by atoms with Gasteiger partial charge in [0.05, 0.1) is 0 Å². The van der Waals surface area contributed by atoms with Crippen molar-refractivity contribution in [2.75, 3.05) is 5.73 Å². The minimum atomic E-state index is 0.160. The van der Waals surface area contributed by atoms with Crippen molar-refractivity contribution in [1.82, 2.24) is 15.0 Å². The normalized spacial score (nSPS) is 10.5. The molecule has 0 aliphatic heterocycles. The minimum absolute atomic E-state index is 0.160. The van der Waals surface area contributed by atoms with Crippen molar-refractivity contribution in [2.24, 2.45) is 0 Å². The molecular formula is C10H12N4O. The van der Waals surface area contributed by atoms with Gasteiger partial charge in [-0.1, -0.05) is 17.3 Å². The SMILES string of the molecule is CCn1nnc(-c2ccccc2O)c1N. The molecule has 0 unspecified atom stereocenters. The molecule has 78 valence electrons. The molecule has 0 amide bonds. The summed E-state index contributed by atoms with van der Waals surface area (Å²) in [5, 5.41) is 17.5. The number of aromatic nitrogens is 3. The first-order chi connectivity index (χ1) is 7.24. The number of para-hydroxylation sites is 1. The van der Waals surface area contributed by atoms with E-state index in [9.17, 15) is 5.11 Å². The van der Waals surface area contributed by atoms with E-state index in [4.69, 9.17) is 5.73 Å². The average molecular weight is 204 g/mol. The van der Waals surface area contributed by atoms with Gasteiger partial charge in [-0.2, -0.15) is 0 Å². The third kappa shape index (κ3) is 1.52. The Balaban J connectivity index is 2.55. The molecule has 0 spiro atoms. The number of benzene rings is 1. The topological polar surface area (TPSA) is 77.0 Å². The lowest BCUT2D eigenvalue weighted by Crippen LogP contribution is -2.02. The first-order valence-corrected chi connectivity index (χ1v) is 4.71. The molecule has 0 fully saturated rings. The highest BCUT2D eigenvalue weighted by molar-refractivity contribution is 5.74. The van der Waals surface area contributed by atoms with Crippen LogP contribution in [-0.4, -0.2) is 20.1 Å². The molecule has 1 aromatic heterocycles. The van der Waals surface area contributed by atoms with E-state index in [2.05, 4.69) is 10.3 Å². The van der Waals surface area contributed by atoms with Gasteiger partial charge in [-0.05, 0) is 19.1 Å². The van der Waals surface area contributed by atoms with Crippen molar-refractivity contribution in [2.45, 2.75) is 13.5 Å². The Kier molecular flexibility index (Phi) is 2.29. The van der Waals surface area contributed by atoms with Gasteiger partial charge in [-0.25, -0.2) is 4.68 Å². The van der Waals surface area contributed by atoms with Crippen LogP contribution in [0.1, 0.15) is 6.92 Å². The molecule has 0 saturated carbocycles. The largest absolute Gasteiger partial charge is 0.507 e. The number of phenols is 1. The van der Waals surface area contributed by atoms with E-state index >= 15 is 0 Å². The van der Waals surface area contributed by atoms with Crippen molar-refractivity contribution >= 4 is 5.82 Å². The van der Waals surface area contributed by atoms with Crippen molar-refractivity contribution in [3.8, 4) is 17.0 Å². The molecule has 15 heavy (non-hydrogen) atoms. The highest BCUT2D eigenvalue weighted by atomic mass is 16.3. The summed E-state index contributed by atoms with van der Waals surface area (Å²) >= 11 is 0. The molecule has 5 nitrogen and oxygen atoms in total. The minimum Gasteiger partial charge on any atom is -0.507 e. The lowest BCUT2D eigenvalue weighted by Gasteiger charge is -2.01. The second kappa shape index (κ2) is 3.61. The summed E-state index contributed by atoms with van der Waals surface area (Å²) in [5.74, 6) is 0.631. The quantitative estimate of drug-likeness (QED) is 0.771. The Morgan fingerprint density at radius 2 is 2.13 bits per heavy atom. The van der Waals surface area contributed by atoms with E-state index < -0.39 is 0 Å². The molecule has 2 rings (SSSR count). The van der Waals surface area contributed by atoms with Crippen LogP contribution in [0.15, 0.2) is 24.3 Å². The number of hydrogen-bond acceptors (Lipinski definition) is 4. The number of anilines is 1. The van der Waals surface area contributed by atoms with E-state index in [1.807, 2.05) is 13.0 Å². The highest BCUT2D eigenvalue weighted by Gasteiger charge is 2.13. The number of rotatable bonds is 2. The fourth-order valence-corrected chi connectivity index (χ4v) is 1.42. The summed E-state index contributed by atoms with van der Waals surface area (Å²) in [6, 6.07) is 6.92. The maximum atomic E-state index is 9.64. The fourth-order valence-electron chi connectivity index (χ4n) is 1.42. The standard InChI is InChI=1S/C10H12N4O/c1-2-14-10(11)9(12-13-14)7-5-3-4-6-8(7)15/h3-6,15H,2,11H2,1H3. The zero-order chi connectivity index (χ0) is 10.8. The van der Waals surface area contributed by atoms with Gasteiger partial charge in [0.25, 0.3) is 0 Å². The number of nitrogens with zero attached hydrogens (tertiary/aromatic N) is 3. The third-order valence-corrected chi connectivity index (χ3v) is 2.23. The molecule has 1 aromatic carbocycles. The van der Waals surface area contributed by atoms with E-state index in [0.717, 1.165) is 0 Å². The van der Waals surface area contributed by atoms with E-state index in [1.54, 1.807) is 22.9 Å². The molecule has 2 aromatic rings. The van der Waals surface area contributed by atoms with Gasteiger partial charge < -0.3 is 10.8 Å². The molecular weight excluding hydrogens is 192 g/mol. The van der Waals surface area contributed by atoms with E-state index in [1.165, 1.54) is 0 Å². The summed E-state index contributed by atoms with van der Waals surface area (Å²) in [4.78, 5) is 0. The lowest BCUT2D eigenvalue weighted by molar-refractivity contribution is 0.477. The first-order valence-electron chi connectivity index (χ1n) is 4.71. The van der Waals surface area contributed by atoms with Crippen LogP contribution in [0.5, 0.6) is 5.75 Å². The van der Waals surface area contributed by atoms with Crippen LogP contribution < -0.4 is 5.73 Å². The second-order valence-corrected chi connectivity index (χ2v) is 3.16. The molecule has 0 saturated heterocycles. The zero-order valence-corrected chi connectivity index (χ0v) is 8.38. The summed E-state index contributed by atoms with van der Waals surface area (Å²) in [6.07, 6.45) is 0. The number of nitrogen functional groups attached to an aromatic ring is 1. The van der Waals surface area contributed by atoms with Gasteiger partial charge in [-0.15, -0.1) is 5.10 Å². The molecule has 0 radical (unpaired) electrons.